The van der Waals surface area contributed by atoms with Gasteiger partial charge in [-0.2, -0.15) is 17.7 Å². The van der Waals surface area contributed by atoms with E-state index in [1.54, 1.807) is 13.8 Å². The third-order valence-corrected chi connectivity index (χ3v) is 4.71. The molecule has 1 aromatic carbocycles. The topological polar surface area (TPSA) is 70.9 Å². The molecule has 3 aromatic heterocycles. The Morgan fingerprint density at radius 3 is 2.67 bits per heavy atom. The van der Waals surface area contributed by atoms with Gasteiger partial charge < -0.3 is 10.3 Å². The van der Waals surface area contributed by atoms with Crippen LogP contribution in [0.2, 0.25) is 0 Å². The van der Waals surface area contributed by atoms with Crippen LogP contribution in [-0.4, -0.2) is 31.3 Å². The molecule has 0 unspecified atom stereocenters. The predicted octanol–water partition coefficient (Wildman–Crippen LogP) is 3.90. The second-order valence-electron chi connectivity index (χ2n) is 6.39. The molecular formula is C18H17F3N6. The Kier molecular flexibility index (Phi) is 4.01. The highest BCUT2D eigenvalue weighted by molar-refractivity contribution is 5.83. The van der Waals surface area contributed by atoms with Crippen molar-refractivity contribution < 1.29 is 13.2 Å². The fourth-order valence-electron chi connectivity index (χ4n) is 3.13. The molecular weight excluding hydrogens is 357 g/mol. The Labute approximate surface area is 152 Å². The highest BCUT2D eigenvalue weighted by atomic mass is 19.4. The molecule has 6 nitrogen and oxygen atoms in total. The van der Waals surface area contributed by atoms with E-state index in [9.17, 15) is 13.2 Å². The van der Waals surface area contributed by atoms with Crippen molar-refractivity contribution in [2.75, 3.05) is 11.9 Å². The maximum absolute atomic E-state index is 13.1. The molecule has 0 spiro atoms. The number of aromatic amines is 1. The zero-order chi connectivity index (χ0) is 19.2. The van der Waals surface area contributed by atoms with Crippen LogP contribution in [0.25, 0.3) is 16.6 Å². The second kappa shape index (κ2) is 6.26. The van der Waals surface area contributed by atoms with Crippen molar-refractivity contribution in [1.29, 1.82) is 0 Å². The Hall–Kier alpha value is -3.10. The first-order chi connectivity index (χ1) is 12.9. The van der Waals surface area contributed by atoms with Gasteiger partial charge in [-0.15, -0.1) is 15.3 Å². The minimum Gasteiger partial charge on any atom is -0.368 e. The molecule has 3 heterocycles. The van der Waals surface area contributed by atoms with Crippen molar-refractivity contribution in [1.82, 2.24) is 24.8 Å². The summed E-state index contributed by atoms with van der Waals surface area (Å²) in [5, 5.41) is 15.3. The van der Waals surface area contributed by atoms with Gasteiger partial charge in [0.05, 0.1) is 0 Å². The van der Waals surface area contributed by atoms with Gasteiger partial charge in [0, 0.05) is 29.2 Å². The molecule has 0 saturated carbocycles. The normalized spacial score (nSPS) is 12.2. The van der Waals surface area contributed by atoms with Gasteiger partial charge in [-0.25, -0.2) is 0 Å². The summed E-state index contributed by atoms with van der Waals surface area (Å²) in [4.78, 5) is 3.21. The summed E-state index contributed by atoms with van der Waals surface area (Å²) in [5.41, 5.74) is 3.67. The molecule has 0 amide bonds. The van der Waals surface area contributed by atoms with E-state index in [-0.39, 0.29) is 5.65 Å². The summed E-state index contributed by atoms with van der Waals surface area (Å²) in [6.07, 6.45) is -1.96. The highest BCUT2D eigenvalue weighted by Gasteiger charge is 2.38. The first-order valence-electron chi connectivity index (χ1n) is 8.45. The third-order valence-electron chi connectivity index (χ3n) is 4.71. The maximum Gasteiger partial charge on any atom is 0.453 e. The predicted molar refractivity (Wildman–Crippen MR) is 95.8 cm³/mol. The first kappa shape index (κ1) is 17.3. The molecule has 27 heavy (non-hydrogen) atoms. The average molecular weight is 374 g/mol. The molecule has 2 N–H and O–H groups in total. The van der Waals surface area contributed by atoms with Crippen LogP contribution in [0.4, 0.5) is 19.0 Å². The van der Waals surface area contributed by atoms with E-state index in [4.69, 9.17) is 0 Å². The summed E-state index contributed by atoms with van der Waals surface area (Å²) >= 11 is 0. The smallest absolute Gasteiger partial charge is 0.368 e. The number of H-pyrrole nitrogens is 1. The Bertz CT molecular complexity index is 1130. The van der Waals surface area contributed by atoms with Gasteiger partial charge in [-0.1, -0.05) is 18.2 Å². The number of rotatable bonds is 4. The van der Waals surface area contributed by atoms with Crippen molar-refractivity contribution in [3.05, 3.63) is 53.0 Å². The van der Waals surface area contributed by atoms with E-state index in [1.165, 1.54) is 0 Å². The van der Waals surface area contributed by atoms with E-state index < -0.39 is 12.0 Å². The lowest BCUT2D eigenvalue weighted by Gasteiger charge is -2.12. The quantitative estimate of drug-likeness (QED) is 0.568. The molecule has 4 rings (SSSR count). The van der Waals surface area contributed by atoms with Crippen LogP contribution in [0.3, 0.4) is 0 Å². The number of aryl methyl sites for hydroxylation is 1. The van der Waals surface area contributed by atoms with Crippen LogP contribution < -0.4 is 5.32 Å². The van der Waals surface area contributed by atoms with Crippen molar-refractivity contribution in [2.24, 2.45) is 0 Å². The fourth-order valence-corrected chi connectivity index (χ4v) is 3.13. The molecule has 0 saturated heterocycles. The standard InChI is InChI=1S/C18H17F3N6/c1-10-11(2)16-24-25-17(18(19,20)21)27(16)26-15(10)22-8-7-12-9-23-14-6-4-3-5-13(12)14/h3-6,9,23H,7-8H2,1-2H3,(H,22,26). The molecule has 0 aliphatic carbocycles. The summed E-state index contributed by atoms with van der Waals surface area (Å²) in [5.74, 6) is -0.731. The number of benzene rings is 1. The number of fused-ring (bicyclic) bond motifs is 2. The van der Waals surface area contributed by atoms with E-state index in [0.717, 1.165) is 26.5 Å². The lowest BCUT2D eigenvalue weighted by atomic mass is 10.1. The van der Waals surface area contributed by atoms with Crippen molar-refractivity contribution >= 4 is 22.4 Å². The monoisotopic (exact) mass is 374 g/mol. The second-order valence-corrected chi connectivity index (χ2v) is 6.39. The van der Waals surface area contributed by atoms with Gasteiger partial charge in [-0.3, -0.25) is 0 Å². The summed E-state index contributed by atoms with van der Waals surface area (Å²) in [6, 6.07) is 7.97. The summed E-state index contributed by atoms with van der Waals surface area (Å²) < 4.78 is 40.1. The van der Waals surface area contributed by atoms with Gasteiger partial charge in [-0.05, 0) is 37.5 Å². The summed E-state index contributed by atoms with van der Waals surface area (Å²) in [6.45, 7) is 4.05. The summed E-state index contributed by atoms with van der Waals surface area (Å²) in [7, 11) is 0. The number of hydrogen-bond donors (Lipinski definition) is 2. The van der Waals surface area contributed by atoms with E-state index in [1.807, 2.05) is 30.5 Å². The molecule has 0 atom stereocenters. The number of alkyl halides is 3. The van der Waals surface area contributed by atoms with Crippen LogP contribution in [0.1, 0.15) is 22.5 Å². The third kappa shape index (κ3) is 2.98. The average Bonchev–Trinajstić information content (AvgIpc) is 3.23. The lowest BCUT2D eigenvalue weighted by molar-refractivity contribution is -0.146. The van der Waals surface area contributed by atoms with Gasteiger partial charge in [0.15, 0.2) is 5.65 Å². The highest BCUT2D eigenvalue weighted by Crippen LogP contribution is 2.29. The fraction of sp³-hybridized carbons (Fsp3) is 0.278. The van der Waals surface area contributed by atoms with Crippen LogP contribution in [-0.2, 0) is 12.6 Å². The number of anilines is 1. The molecule has 140 valence electrons. The van der Waals surface area contributed by atoms with Gasteiger partial charge in [0.25, 0.3) is 5.82 Å². The number of halogens is 3. The number of hydrogen-bond acceptors (Lipinski definition) is 4. The van der Waals surface area contributed by atoms with Crippen LogP contribution >= 0.6 is 0 Å². The SMILES string of the molecule is Cc1c(NCCc2c[nH]c3ccccc23)nn2c(C(F)(F)F)nnc2c1C. The number of nitrogens with one attached hydrogen (secondary N) is 2. The molecule has 0 radical (unpaired) electrons. The molecule has 0 fully saturated rings. The molecule has 0 aliphatic heterocycles. The lowest BCUT2D eigenvalue weighted by Crippen LogP contribution is -2.16. The maximum atomic E-state index is 13.1. The number of aromatic nitrogens is 5. The minimum absolute atomic E-state index is 0.113. The Morgan fingerprint density at radius 1 is 1.11 bits per heavy atom. The zero-order valence-electron chi connectivity index (χ0n) is 14.7. The zero-order valence-corrected chi connectivity index (χ0v) is 14.7. The molecule has 0 bridgehead atoms. The number of nitrogens with zero attached hydrogens (tertiary/aromatic N) is 4. The Balaban J connectivity index is 1.61. The van der Waals surface area contributed by atoms with Crippen LogP contribution in [0.5, 0.6) is 0 Å². The number of para-hydroxylation sites is 1. The van der Waals surface area contributed by atoms with E-state index in [2.05, 4.69) is 25.6 Å². The Morgan fingerprint density at radius 2 is 1.89 bits per heavy atom. The molecule has 9 heteroatoms. The van der Waals surface area contributed by atoms with Crippen molar-refractivity contribution in [3.63, 3.8) is 0 Å². The van der Waals surface area contributed by atoms with Crippen LogP contribution in [0.15, 0.2) is 30.5 Å². The first-order valence-corrected chi connectivity index (χ1v) is 8.45. The largest absolute Gasteiger partial charge is 0.453 e. The van der Waals surface area contributed by atoms with E-state index in [0.29, 0.717) is 24.3 Å². The van der Waals surface area contributed by atoms with Gasteiger partial charge >= 0.3 is 6.18 Å². The van der Waals surface area contributed by atoms with Crippen LogP contribution in [0, 0.1) is 13.8 Å². The van der Waals surface area contributed by atoms with Crippen molar-refractivity contribution in [3.8, 4) is 0 Å². The molecule has 4 aromatic rings. The minimum atomic E-state index is -4.62. The van der Waals surface area contributed by atoms with Crippen molar-refractivity contribution in [2.45, 2.75) is 26.4 Å². The van der Waals surface area contributed by atoms with Gasteiger partial charge in [0.2, 0.25) is 0 Å². The van der Waals surface area contributed by atoms with Gasteiger partial charge in [0.1, 0.15) is 5.82 Å². The molecule has 0 aliphatic rings. The van der Waals surface area contributed by atoms with E-state index >= 15 is 0 Å².